The maximum Gasteiger partial charge on any atom is 0.331 e. The molecule has 1 heterocycles. The van der Waals surface area contributed by atoms with Crippen LogP contribution in [0.15, 0.2) is 17.5 Å². The number of urea groups is 1. The van der Waals surface area contributed by atoms with Crippen molar-refractivity contribution in [3.05, 3.63) is 22.4 Å². The second-order valence-corrected chi connectivity index (χ2v) is 5.81. The van der Waals surface area contributed by atoms with Crippen molar-refractivity contribution in [1.82, 2.24) is 10.2 Å². The number of aliphatic carboxylic acids is 1. The van der Waals surface area contributed by atoms with Gasteiger partial charge in [-0.3, -0.25) is 0 Å². The first-order valence-electron chi connectivity index (χ1n) is 6.14. The average Bonchev–Trinajstić information content (AvgIpc) is 2.86. The second-order valence-electron chi connectivity index (χ2n) is 4.83. The SMILES string of the molecule is CC(C)C(C)N(C)C(=O)NC(C(=O)O)c1cccs1. The zero-order valence-corrected chi connectivity index (χ0v) is 12.4. The fraction of sp³-hybridized carbons (Fsp3) is 0.538. The fourth-order valence-electron chi connectivity index (χ4n) is 1.57. The summed E-state index contributed by atoms with van der Waals surface area (Å²) in [5.41, 5.74) is 0. The number of nitrogens with zero attached hydrogens (tertiary/aromatic N) is 1. The Morgan fingerprint density at radius 1 is 1.37 bits per heavy atom. The zero-order valence-electron chi connectivity index (χ0n) is 11.6. The lowest BCUT2D eigenvalue weighted by Gasteiger charge is -2.29. The Labute approximate surface area is 117 Å². The average molecular weight is 284 g/mol. The standard InChI is InChI=1S/C13H20N2O3S/c1-8(2)9(3)15(4)13(18)14-11(12(16)17)10-6-5-7-19-10/h5-9,11H,1-4H3,(H,14,18)(H,16,17). The number of carbonyl (C=O) groups excluding carboxylic acids is 1. The van der Waals surface area contributed by atoms with Crippen LogP contribution in [0.3, 0.4) is 0 Å². The maximum absolute atomic E-state index is 12.1. The molecular formula is C13H20N2O3S. The molecule has 0 aliphatic carbocycles. The molecule has 0 saturated carbocycles. The smallest absolute Gasteiger partial charge is 0.331 e. The van der Waals surface area contributed by atoms with Crippen molar-refractivity contribution in [2.75, 3.05) is 7.05 Å². The van der Waals surface area contributed by atoms with Crippen molar-refractivity contribution in [2.24, 2.45) is 5.92 Å². The fourth-order valence-corrected chi connectivity index (χ4v) is 2.33. The third kappa shape index (κ3) is 3.96. The first-order valence-corrected chi connectivity index (χ1v) is 7.02. The first kappa shape index (κ1) is 15.5. The Hall–Kier alpha value is -1.56. The van der Waals surface area contributed by atoms with Gasteiger partial charge in [-0.1, -0.05) is 19.9 Å². The summed E-state index contributed by atoms with van der Waals surface area (Å²) in [7, 11) is 1.67. The van der Waals surface area contributed by atoms with Crippen LogP contribution < -0.4 is 5.32 Å². The molecule has 0 saturated heterocycles. The monoisotopic (exact) mass is 284 g/mol. The third-order valence-electron chi connectivity index (χ3n) is 3.24. The van der Waals surface area contributed by atoms with Gasteiger partial charge in [-0.15, -0.1) is 11.3 Å². The van der Waals surface area contributed by atoms with Crippen LogP contribution in [-0.4, -0.2) is 35.1 Å². The number of carboxylic acid groups (broad SMARTS) is 1. The molecule has 0 spiro atoms. The highest BCUT2D eigenvalue weighted by atomic mass is 32.1. The van der Waals surface area contributed by atoms with E-state index in [1.807, 2.05) is 20.8 Å². The molecule has 2 unspecified atom stereocenters. The quantitative estimate of drug-likeness (QED) is 0.873. The Morgan fingerprint density at radius 2 is 2.00 bits per heavy atom. The Balaban J connectivity index is 2.75. The van der Waals surface area contributed by atoms with Crippen molar-refractivity contribution >= 4 is 23.3 Å². The predicted molar refractivity (Wildman–Crippen MR) is 75.3 cm³/mol. The molecule has 0 radical (unpaired) electrons. The number of hydrogen-bond donors (Lipinski definition) is 2. The van der Waals surface area contributed by atoms with Gasteiger partial charge in [0.2, 0.25) is 0 Å². The number of carboxylic acids is 1. The van der Waals surface area contributed by atoms with E-state index in [4.69, 9.17) is 0 Å². The summed E-state index contributed by atoms with van der Waals surface area (Å²) >= 11 is 1.31. The molecule has 5 nitrogen and oxygen atoms in total. The Bertz CT molecular complexity index is 431. The number of nitrogens with one attached hydrogen (secondary N) is 1. The topological polar surface area (TPSA) is 69.6 Å². The largest absolute Gasteiger partial charge is 0.479 e. The molecule has 6 heteroatoms. The summed E-state index contributed by atoms with van der Waals surface area (Å²) in [6, 6.07) is 2.15. The van der Waals surface area contributed by atoms with Crippen LogP contribution in [-0.2, 0) is 4.79 Å². The highest BCUT2D eigenvalue weighted by Gasteiger charge is 2.26. The normalized spacial score (nSPS) is 13.9. The third-order valence-corrected chi connectivity index (χ3v) is 4.18. The van der Waals surface area contributed by atoms with E-state index >= 15 is 0 Å². The van der Waals surface area contributed by atoms with Gasteiger partial charge >= 0.3 is 12.0 Å². The van der Waals surface area contributed by atoms with E-state index in [1.54, 1.807) is 24.6 Å². The van der Waals surface area contributed by atoms with E-state index in [2.05, 4.69) is 5.32 Å². The molecule has 1 rings (SSSR count). The number of thiophene rings is 1. The minimum Gasteiger partial charge on any atom is -0.479 e. The number of rotatable bonds is 5. The van der Waals surface area contributed by atoms with Gasteiger partial charge in [0.05, 0.1) is 0 Å². The summed E-state index contributed by atoms with van der Waals surface area (Å²) in [4.78, 5) is 25.4. The van der Waals surface area contributed by atoms with E-state index in [0.717, 1.165) is 0 Å². The van der Waals surface area contributed by atoms with Gasteiger partial charge in [-0.2, -0.15) is 0 Å². The molecule has 106 valence electrons. The van der Waals surface area contributed by atoms with Crippen LogP contribution in [0.4, 0.5) is 4.79 Å². The van der Waals surface area contributed by atoms with Crippen LogP contribution in [0.2, 0.25) is 0 Å². The molecule has 0 bridgehead atoms. The lowest BCUT2D eigenvalue weighted by atomic mass is 10.1. The number of amides is 2. The van der Waals surface area contributed by atoms with Crippen LogP contribution >= 0.6 is 11.3 Å². The van der Waals surface area contributed by atoms with E-state index in [-0.39, 0.29) is 12.1 Å². The van der Waals surface area contributed by atoms with Crippen molar-refractivity contribution in [2.45, 2.75) is 32.9 Å². The molecule has 2 amide bonds. The highest BCUT2D eigenvalue weighted by molar-refractivity contribution is 7.10. The van der Waals surface area contributed by atoms with Gasteiger partial charge in [0.15, 0.2) is 6.04 Å². The van der Waals surface area contributed by atoms with Crippen molar-refractivity contribution < 1.29 is 14.7 Å². The van der Waals surface area contributed by atoms with Crippen LogP contribution in [0.25, 0.3) is 0 Å². The second kappa shape index (κ2) is 6.56. The summed E-state index contributed by atoms with van der Waals surface area (Å²) in [5, 5.41) is 13.5. The lowest BCUT2D eigenvalue weighted by Crippen LogP contribution is -2.46. The first-order chi connectivity index (χ1) is 8.84. The molecule has 0 aromatic carbocycles. The summed E-state index contributed by atoms with van der Waals surface area (Å²) in [6.45, 7) is 5.97. The molecule has 2 atom stereocenters. The van der Waals surface area contributed by atoms with Crippen LogP contribution in [0.5, 0.6) is 0 Å². The molecule has 19 heavy (non-hydrogen) atoms. The summed E-state index contributed by atoms with van der Waals surface area (Å²) in [5.74, 6) is -0.748. The van der Waals surface area contributed by atoms with Crippen LogP contribution in [0, 0.1) is 5.92 Å². The zero-order chi connectivity index (χ0) is 14.6. The van der Waals surface area contributed by atoms with E-state index < -0.39 is 12.0 Å². The van der Waals surface area contributed by atoms with Gasteiger partial charge in [0, 0.05) is 18.0 Å². The van der Waals surface area contributed by atoms with E-state index in [9.17, 15) is 14.7 Å². The highest BCUT2D eigenvalue weighted by Crippen LogP contribution is 2.20. The molecule has 0 aliphatic heterocycles. The predicted octanol–water partition coefficient (Wildman–Crippen LogP) is 2.56. The molecule has 1 aromatic heterocycles. The van der Waals surface area contributed by atoms with Crippen LogP contribution in [0.1, 0.15) is 31.7 Å². The minimum absolute atomic E-state index is 0.0396. The van der Waals surface area contributed by atoms with Crippen molar-refractivity contribution in [1.29, 1.82) is 0 Å². The number of carbonyl (C=O) groups is 2. The maximum atomic E-state index is 12.1. The van der Waals surface area contributed by atoms with Crippen molar-refractivity contribution in [3.8, 4) is 0 Å². The molecule has 1 aromatic rings. The molecule has 0 fully saturated rings. The minimum atomic E-state index is -1.05. The van der Waals surface area contributed by atoms with E-state index in [1.165, 1.54) is 16.2 Å². The van der Waals surface area contributed by atoms with Gasteiger partial charge in [0.1, 0.15) is 0 Å². The molecule has 2 N–H and O–H groups in total. The summed E-state index contributed by atoms with van der Waals surface area (Å²) < 4.78 is 0. The number of hydrogen-bond acceptors (Lipinski definition) is 3. The van der Waals surface area contributed by atoms with Gasteiger partial charge < -0.3 is 15.3 Å². The van der Waals surface area contributed by atoms with Crippen molar-refractivity contribution in [3.63, 3.8) is 0 Å². The molecular weight excluding hydrogens is 264 g/mol. The lowest BCUT2D eigenvalue weighted by molar-refractivity contribution is -0.139. The summed E-state index contributed by atoms with van der Waals surface area (Å²) in [6.07, 6.45) is 0. The Kier molecular flexibility index (Phi) is 5.35. The van der Waals surface area contributed by atoms with E-state index in [0.29, 0.717) is 10.8 Å². The Morgan fingerprint density at radius 3 is 2.42 bits per heavy atom. The van der Waals surface area contributed by atoms with Gasteiger partial charge in [-0.05, 0) is 24.3 Å². The van der Waals surface area contributed by atoms with Gasteiger partial charge in [0.25, 0.3) is 0 Å². The van der Waals surface area contributed by atoms with Gasteiger partial charge in [-0.25, -0.2) is 9.59 Å². The molecule has 0 aliphatic rings.